The van der Waals surface area contributed by atoms with Crippen LogP contribution >= 0.6 is 0 Å². The molecular weight excluding hydrogens is 254 g/mol. The molecule has 0 amide bonds. The Bertz CT molecular complexity index is 375. The minimum atomic E-state index is 0.480. The van der Waals surface area contributed by atoms with Crippen LogP contribution in [0.15, 0.2) is 24.3 Å². The summed E-state index contributed by atoms with van der Waals surface area (Å²) in [4.78, 5) is 0. The number of unbranched alkanes of at least 4 members (excludes halogenated alkanes) is 1. The van der Waals surface area contributed by atoms with Crippen LogP contribution in [0.3, 0.4) is 0 Å². The topological polar surface area (TPSA) is 12.0 Å². The number of hydrogen-bond donors (Lipinski definition) is 1. The van der Waals surface area contributed by atoms with Crippen LogP contribution in [0.4, 0.5) is 0 Å². The minimum Gasteiger partial charge on any atom is -0.310 e. The summed E-state index contributed by atoms with van der Waals surface area (Å²) in [6.45, 7) is 5.71. The summed E-state index contributed by atoms with van der Waals surface area (Å²) in [7, 11) is 0. The van der Waals surface area contributed by atoms with Crippen molar-refractivity contribution in [2.24, 2.45) is 5.92 Å². The highest BCUT2D eigenvalue weighted by molar-refractivity contribution is 5.24. The lowest BCUT2D eigenvalue weighted by Crippen LogP contribution is -2.20. The molecule has 1 saturated carbocycles. The normalized spacial score (nSPS) is 17.2. The second-order valence-electron chi connectivity index (χ2n) is 6.81. The van der Waals surface area contributed by atoms with E-state index in [2.05, 4.69) is 43.4 Å². The van der Waals surface area contributed by atoms with Crippen LogP contribution in [0.2, 0.25) is 0 Å². The molecule has 1 aliphatic rings. The van der Waals surface area contributed by atoms with Crippen LogP contribution < -0.4 is 5.32 Å². The third-order valence-electron chi connectivity index (χ3n) is 5.01. The fourth-order valence-electron chi connectivity index (χ4n) is 3.48. The molecule has 0 spiro atoms. The molecule has 0 bridgehead atoms. The van der Waals surface area contributed by atoms with Gasteiger partial charge in [0.05, 0.1) is 0 Å². The van der Waals surface area contributed by atoms with Gasteiger partial charge in [0.2, 0.25) is 0 Å². The maximum absolute atomic E-state index is 3.69. The Morgan fingerprint density at radius 2 is 1.81 bits per heavy atom. The van der Waals surface area contributed by atoms with Crippen LogP contribution in [0, 0.1) is 5.92 Å². The third-order valence-corrected chi connectivity index (χ3v) is 5.01. The maximum atomic E-state index is 3.69. The summed E-state index contributed by atoms with van der Waals surface area (Å²) in [5.41, 5.74) is 2.91. The molecule has 1 aliphatic carbocycles. The SMILES string of the molecule is CCCCc1ccc(C(C)NCCCC2CCCC2)cc1. The molecule has 0 heterocycles. The van der Waals surface area contributed by atoms with Crippen molar-refractivity contribution in [2.75, 3.05) is 6.54 Å². The Morgan fingerprint density at radius 3 is 2.48 bits per heavy atom. The van der Waals surface area contributed by atoms with Gasteiger partial charge in [-0.2, -0.15) is 0 Å². The molecular formula is C20H33N. The van der Waals surface area contributed by atoms with E-state index < -0.39 is 0 Å². The first-order chi connectivity index (χ1) is 10.3. The zero-order valence-corrected chi connectivity index (χ0v) is 14.0. The zero-order chi connectivity index (χ0) is 14.9. The molecule has 1 nitrogen and oxygen atoms in total. The van der Waals surface area contributed by atoms with Gasteiger partial charge < -0.3 is 5.32 Å². The summed E-state index contributed by atoms with van der Waals surface area (Å²) in [6, 6.07) is 9.71. The number of nitrogens with one attached hydrogen (secondary N) is 1. The summed E-state index contributed by atoms with van der Waals surface area (Å²) >= 11 is 0. The second kappa shape index (κ2) is 9.25. The van der Waals surface area contributed by atoms with E-state index in [1.54, 1.807) is 0 Å². The van der Waals surface area contributed by atoms with Crippen molar-refractivity contribution in [2.45, 2.75) is 77.7 Å². The molecule has 1 heteroatoms. The molecule has 0 saturated heterocycles. The van der Waals surface area contributed by atoms with Gasteiger partial charge in [0.1, 0.15) is 0 Å². The van der Waals surface area contributed by atoms with Crippen molar-refractivity contribution in [3.8, 4) is 0 Å². The van der Waals surface area contributed by atoms with E-state index in [9.17, 15) is 0 Å². The Balaban J connectivity index is 1.66. The van der Waals surface area contributed by atoms with Crippen LogP contribution in [-0.4, -0.2) is 6.54 Å². The molecule has 0 aromatic heterocycles. The highest BCUT2D eigenvalue weighted by Gasteiger charge is 2.14. The van der Waals surface area contributed by atoms with Crippen molar-refractivity contribution in [3.63, 3.8) is 0 Å². The van der Waals surface area contributed by atoms with Crippen molar-refractivity contribution < 1.29 is 0 Å². The van der Waals surface area contributed by atoms with Gasteiger partial charge in [-0.1, -0.05) is 63.3 Å². The van der Waals surface area contributed by atoms with Crippen LogP contribution in [0.1, 0.15) is 82.4 Å². The van der Waals surface area contributed by atoms with Gasteiger partial charge in [0.25, 0.3) is 0 Å². The van der Waals surface area contributed by atoms with Gasteiger partial charge in [-0.3, -0.25) is 0 Å². The van der Waals surface area contributed by atoms with Crippen LogP contribution in [0.5, 0.6) is 0 Å². The predicted molar refractivity (Wildman–Crippen MR) is 92.7 cm³/mol. The van der Waals surface area contributed by atoms with Crippen molar-refractivity contribution >= 4 is 0 Å². The largest absolute Gasteiger partial charge is 0.310 e. The molecule has 21 heavy (non-hydrogen) atoms. The molecule has 0 aliphatic heterocycles. The Kier molecular flexibility index (Phi) is 7.29. The summed E-state index contributed by atoms with van der Waals surface area (Å²) < 4.78 is 0. The standard InChI is InChI=1S/C20H33N/c1-3-4-8-19-12-14-20(15-13-19)17(2)21-16-7-11-18-9-5-6-10-18/h12-15,17-18,21H,3-11,16H2,1-2H3. The molecule has 1 N–H and O–H groups in total. The Labute approximate surface area is 131 Å². The second-order valence-corrected chi connectivity index (χ2v) is 6.81. The summed E-state index contributed by atoms with van der Waals surface area (Å²) in [5, 5.41) is 3.69. The number of aryl methyl sites for hydroxylation is 1. The molecule has 1 unspecified atom stereocenters. The van der Waals surface area contributed by atoms with Gasteiger partial charge in [0, 0.05) is 6.04 Å². The van der Waals surface area contributed by atoms with Gasteiger partial charge >= 0.3 is 0 Å². The minimum absolute atomic E-state index is 0.480. The Morgan fingerprint density at radius 1 is 1.10 bits per heavy atom. The lowest BCUT2D eigenvalue weighted by Gasteiger charge is -2.16. The molecule has 2 rings (SSSR count). The van der Waals surface area contributed by atoms with Gasteiger partial charge in [0.15, 0.2) is 0 Å². The summed E-state index contributed by atoms with van der Waals surface area (Å²) in [5.74, 6) is 1.03. The molecule has 118 valence electrons. The van der Waals surface area contributed by atoms with Gasteiger partial charge in [-0.25, -0.2) is 0 Å². The first kappa shape index (κ1) is 16.5. The molecule has 1 aromatic rings. The first-order valence-corrected chi connectivity index (χ1v) is 9.12. The highest BCUT2D eigenvalue weighted by Crippen LogP contribution is 2.28. The first-order valence-electron chi connectivity index (χ1n) is 9.12. The van der Waals surface area contributed by atoms with Gasteiger partial charge in [-0.15, -0.1) is 0 Å². The van der Waals surface area contributed by atoms with E-state index in [4.69, 9.17) is 0 Å². The van der Waals surface area contributed by atoms with Crippen LogP contribution in [0.25, 0.3) is 0 Å². The zero-order valence-electron chi connectivity index (χ0n) is 14.0. The molecule has 1 atom stereocenters. The highest BCUT2D eigenvalue weighted by atomic mass is 14.9. The fraction of sp³-hybridized carbons (Fsp3) is 0.700. The van der Waals surface area contributed by atoms with E-state index in [-0.39, 0.29) is 0 Å². The maximum Gasteiger partial charge on any atom is 0.0291 e. The van der Waals surface area contributed by atoms with Crippen LogP contribution in [-0.2, 0) is 6.42 Å². The van der Waals surface area contributed by atoms with Crippen molar-refractivity contribution in [1.29, 1.82) is 0 Å². The quantitative estimate of drug-likeness (QED) is 0.579. The fourth-order valence-corrected chi connectivity index (χ4v) is 3.48. The van der Waals surface area contributed by atoms with Gasteiger partial charge in [-0.05, 0) is 56.2 Å². The van der Waals surface area contributed by atoms with Crippen molar-refractivity contribution in [1.82, 2.24) is 5.32 Å². The summed E-state index contributed by atoms with van der Waals surface area (Å²) in [6.07, 6.45) is 12.5. The lowest BCUT2D eigenvalue weighted by molar-refractivity contribution is 0.456. The molecule has 1 aromatic carbocycles. The number of rotatable bonds is 9. The Hall–Kier alpha value is -0.820. The monoisotopic (exact) mass is 287 g/mol. The van der Waals surface area contributed by atoms with Crippen molar-refractivity contribution in [3.05, 3.63) is 35.4 Å². The van der Waals surface area contributed by atoms with E-state index >= 15 is 0 Å². The average Bonchev–Trinajstić information content (AvgIpc) is 3.03. The van der Waals surface area contributed by atoms with E-state index in [0.717, 1.165) is 12.5 Å². The molecule has 0 radical (unpaired) electrons. The number of hydrogen-bond acceptors (Lipinski definition) is 1. The van der Waals surface area contributed by atoms with E-state index in [0.29, 0.717) is 6.04 Å². The third kappa shape index (κ3) is 5.82. The predicted octanol–water partition coefficient (Wildman–Crippen LogP) is 5.65. The van der Waals surface area contributed by atoms with E-state index in [1.165, 1.54) is 68.9 Å². The number of benzene rings is 1. The lowest BCUT2D eigenvalue weighted by atomic mass is 10.0. The van der Waals surface area contributed by atoms with E-state index in [1.807, 2.05) is 0 Å². The smallest absolute Gasteiger partial charge is 0.0291 e. The molecule has 1 fully saturated rings. The average molecular weight is 287 g/mol.